The summed E-state index contributed by atoms with van der Waals surface area (Å²) in [5.41, 5.74) is 7.98. The minimum absolute atomic E-state index is 0.000900. The van der Waals surface area contributed by atoms with Gasteiger partial charge >= 0.3 is 0 Å². The minimum atomic E-state index is -0.242. The monoisotopic (exact) mass is 312 g/mol. The molecule has 0 fully saturated rings. The largest absolute Gasteiger partial charge is 0.506 e. The van der Waals surface area contributed by atoms with Crippen molar-refractivity contribution in [2.75, 3.05) is 10.6 Å². The van der Waals surface area contributed by atoms with E-state index in [4.69, 9.17) is 5.73 Å². The first-order chi connectivity index (χ1) is 11.0. The first-order valence-corrected chi connectivity index (χ1v) is 7.52. The topological polar surface area (TPSA) is 83.6 Å². The van der Waals surface area contributed by atoms with Crippen LogP contribution in [0.25, 0.3) is 11.1 Å². The highest BCUT2D eigenvalue weighted by molar-refractivity contribution is 6.14. The minimum Gasteiger partial charge on any atom is -0.506 e. The molecule has 0 saturated heterocycles. The molecule has 0 heterocycles. The number of rotatable bonds is 4. The van der Waals surface area contributed by atoms with Gasteiger partial charge in [0.25, 0.3) is 0 Å². The SMILES string of the molecule is CCC(=O)N(C(=O)CC)c1cccc(-c2ccc(N)c(O)c2)c1. The number of imide groups is 1. The van der Waals surface area contributed by atoms with Crippen LogP contribution in [0.15, 0.2) is 42.5 Å². The normalized spacial score (nSPS) is 10.3. The van der Waals surface area contributed by atoms with E-state index in [9.17, 15) is 14.7 Å². The molecule has 2 amide bonds. The van der Waals surface area contributed by atoms with Crippen molar-refractivity contribution < 1.29 is 14.7 Å². The van der Waals surface area contributed by atoms with Gasteiger partial charge in [0.05, 0.1) is 11.4 Å². The van der Waals surface area contributed by atoms with E-state index in [-0.39, 0.29) is 30.4 Å². The van der Waals surface area contributed by atoms with Gasteiger partial charge in [0.2, 0.25) is 11.8 Å². The lowest BCUT2D eigenvalue weighted by molar-refractivity contribution is -0.126. The maximum absolute atomic E-state index is 12.1. The second-order valence-electron chi connectivity index (χ2n) is 5.15. The molecule has 0 bridgehead atoms. The van der Waals surface area contributed by atoms with Crippen LogP contribution in [0.3, 0.4) is 0 Å². The van der Waals surface area contributed by atoms with Crippen molar-refractivity contribution >= 4 is 23.2 Å². The fourth-order valence-corrected chi connectivity index (χ4v) is 2.29. The second kappa shape index (κ2) is 6.96. The summed E-state index contributed by atoms with van der Waals surface area (Å²) in [4.78, 5) is 25.4. The molecule has 0 spiro atoms. The van der Waals surface area contributed by atoms with E-state index in [2.05, 4.69) is 0 Å². The standard InChI is InChI=1S/C18H20N2O3/c1-3-17(22)20(18(23)4-2)14-7-5-6-12(10-14)13-8-9-15(19)16(21)11-13/h5-11,21H,3-4,19H2,1-2H3. The molecule has 0 aliphatic heterocycles. The molecule has 2 aromatic carbocycles. The Bertz CT molecular complexity index is 725. The van der Waals surface area contributed by atoms with E-state index in [0.29, 0.717) is 11.4 Å². The third kappa shape index (κ3) is 3.51. The van der Waals surface area contributed by atoms with Crippen LogP contribution in [0.2, 0.25) is 0 Å². The molecule has 0 aliphatic carbocycles. The Morgan fingerprint density at radius 3 is 2.17 bits per heavy atom. The predicted molar refractivity (Wildman–Crippen MR) is 91.0 cm³/mol. The lowest BCUT2D eigenvalue weighted by Crippen LogP contribution is -2.35. The third-order valence-corrected chi connectivity index (χ3v) is 3.57. The first-order valence-electron chi connectivity index (χ1n) is 7.52. The zero-order chi connectivity index (χ0) is 17.0. The van der Waals surface area contributed by atoms with Crippen molar-refractivity contribution in [3.05, 3.63) is 42.5 Å². The van der Waals surface area contributed by atoms with Crippen molar-refractivity contribution in [1.29, 1.82) is 0 Å². The number of aromatic hydroxyl groups is 1. The average Bonchev–Trinajstić information content (AvgIpc) is 2.57. The Kier molecular flexibility index (Phi) is 5.01. The summed E-state index contributed by atoms with van der Waals surface area (Å²) in [7, 11) is 0. The number of hydrogen-bond donors (Lipinski definition) is 2. The molecular weight excluding hydrogens is 292 g/mol. The number of nitrogens with two attached hydrogens (primary N) is 1. The highest BCUT2D eigenvalue weighted by Crippen LogP contribution is 2.30. The number of nitrogens with zero attached hydrogens (tertiary/aromatic N) is 1. The molecule has 0 saturated carbocycles. The Morgan fingerprint density at radius 2 is 1.61 bits per heavy atom. The summed E-state index contributed by atoms with van der Waals surface area (Å²) < 4.78 is 0. The van der Waals surface area contributed by atoms with Gasteiger partial charge in [-0.2, -0.15) is 0 Å². The molecule has 0 unspecified atom stereocenters. The van der Waals surface area contributed by atoms with Crippen LogP contribution < -0.4 is 10.6 Å². The van der Waals surface area contributed by atoms with Gasteiger partial charge in [0.15, 0.2) is 0 Å². The van der Waals surface area contributed by atoms with Crippen LogP contribution in [0.1, 0.15) is 26.7 Å². The number of benzene rings is 2. The number of carbonyl (C=O) groups excluding carboxylic acids is 2. The lowest BCUT2D eigenvalue weighted by Gasteiger charge is -2.20. The van der Waals surface area contributed by atoms with Crippen molar-refractivity contribution in [3.8, 4) is 16.9 Å². The van der Waals surface area contributed by atoms with E-state index < -0.39 is 0 Å². The number of carbonyl (C=O) groups is 2. The summed E-state index contributed by atoms with van der Waals surface area (Å²) in [6.45, 7) is 3.44. The fraction of sp³-hybridized carbons (Fsp3) is 0.222. The Labute approximate surface area is 135 Å². The van der Waals surface area contributed by atoms with Gasteiger partial charge < -0.3 is 10.8 Å². The summed E-state index contributed by atoms with van der Waals surface area (Å²) >= 11 is 0. The van der Waals surface area contributed by atoms with E-state index in [1.165, 1.54) is 4.90 Å². The lowest BCUT2D eigenvalue weighted by atomic mass is 10.0. The maximum Gasteiger partial charge on any atom is 0.233 e. The zero-order valence-electron chi connectivity index (χ0n) is 13.2. The molecule has 3 N–H and O–H groups in total. The molecule has 2 rings (SSSR count). The third-order valence-electron chi connectivity index (χ3n) is 3.57. The Balaban J connectivity index is 2.47. The fourth-order valence-electron chi connectivity index (χ4n) is 2.29. The van der Waals surface area contributed by atoms with E-state index in [1.54, 1.807) is 50.2 Å². The number of phenols is 1. The van der Waals surface area contributed by atoms with Crippen LogP contribution in [0.4, 0.5) is 11.4 Å². The summed E-state index contributed by atoms with van der Waals surface area (Å²) in [5.74, 6) is -0.484. The quantitative estimate of drug-likeness (QED) is 0.670. The van der Waals surface area contributed by atoms with Gasteiger partial charge in [-0.25, -0.2) is 0 Å². The van der Waals surface area contributed by atoms with Crippen LogP contribution >= 0.6 is 0 Å². The average molecular weight is 312 g/mol. The van der Waals surface area contributed by atoms with Gasteiger partial charge in [-0.3, -0.25) is 14.5 Å². The van der Waals surface area contributed by atoms with E-state index >= 15 is 0 Å². The highest BCUT2D eigenvalue weighted by atomic mass is 16.3. The molecular formula is C18H20N2O3. The van der Waals surface area contributed by atoms with Gasteiger partial charge in [-0.15, -0.1) is 0 Å². The molecule has 120 valence electrons. The molecule has 23 heavy (non-hydrogen) atoms. The van der Waals surface area contributed by atoms with Crippen LogP contribution in [-0.4, -0.2) is 16.9 Å². The molecule has 0 aromatic heterocycles. The number of amides is 2. The number of nitrogen functional groups attached to an aromatic ring is 1. The Morgan fingerprint density at radius 1 is 1.00 bits per heavy atom. The van der Waals surface area contributed by atoms with E-state index in [1.807, 2.05) is 6.07 Å². The number of hydrogen-bond acceptors (Lipinski definition) is 4. The Hall–Kier alpha value is -2.82. The van der Waals surface area contributed by atoms with Crippen LogP contribution in [0, 0.1) is 0 Å². The number of phenolic OH excluding ortho intramolecular Hbond substituents is 1. The summed E-state index contributed by atoms with van der Waals surface area (Å²) in [5, 5.41) is 9.75. The first kappa shape index (κ1) is 16.5. The second-order valence-corrected chi connectivity index (χ2v) is 5.15. The number of anilines is 2. The molecule has 5 heteroatoms. The van der Waals surface area contributed by atoms with E-state index in [0.717, 1.165) is 11.1 Å². The van der Waals surface area contributed by atoms with Gasteiger partial charge in [-0.1, -0.05) is 32.0 Å². The van der Waals surface area contributed by atoms with Crippen LogP contribution in [0.5, 0.6) is 5.75 Å². The van der Waals surface area contributed by atoms with Crippen molar-refractivity contribution in [2.24, 2.45) is 0 Å². The molecule has 2 aromatic rings. The molecule has 5 nitrogen and oxygen atoms in total. The van der Waals surface area contributed by atoms with Gasteiger partial charge in [0.1, 0.15) is 5.75 Å². The van der Waals surface area contributed by atoms with Gasteiger partial charge in [-0.05, 0) is 35.4 Å². The van der Waals surface area contributed by atoms with Crippen molar-refractivity contribution in [1.82, 2.24) is 0 Å². The molecule has 0 atom stereocenters. The summed E-state index contributed by atoms with van der Waals surface area (Å²) in [6.07, 6.45) is 0.497. The van der Waals surface area contributed by atoms with Gasteiger partial charge in [0, 0.05) is 12.8 Å². The maximum atomic E-state index is 12.1. The van der Waals surface area contributed by atoms with Crippen molar-refractivity contribution in [2.45, 2.75) is 26.7 Å². The van der Waals surface area contributed by atoms with Crippen molar-refractivity contribution in [3.63, 3.8) is 0 Å². The predicted octanol–water partition coefficient (Wildman–Crippen LogP) is 3.32. The summed E-state index contributed by atoms with van der Waals surface area (Å²) in [6, 6.07) is 12.1. The zero-order valence-corrected chi connectivity index (χ0v) is 13.2. The smallest absolute Gasteiger partial charge is 0.233 e. The molecule has 0 aliphatic rings. The molecule has 0 radical (unpaired) electrons. The highest BCUT2D eigenvalue weighted by Gasteiger charge is 2.20. The van der Waals surface area contributed by atoms with Crippen LogP contribution in [-0.2, 0) is 9.59 Å².